The highest BCUT2D eigenvalue weighted by molar-refractivity contribution is 5.89. The molecule has 2 aliphatic rings. The standard InChI is InChI=1S/C17H30N6O/c1-3-23-14-16(12-18-23)19-17(24)22-6-4-15(5-7-22)13-21-10-8-20(2)9-11-21/h12,14-15H,3-11,13H2,1-2H3,(H,19,24). The molecule has 134 valence electrons. The van der Waals surface area contributed by atoms with Crippen LogP contribution in [0, 0.1) is 5.92 Å². The first-order chi connectivity index (χ1) is 11.6. The van der Waals surface area contributed by atoms with E-state index in [4.69, 9.17) is 0 Å². The van der Waals surface area contributed by atoms with Gasteiger partial charge in [-0.05, 0) is 32.7 Å². The van der Waals surface area contributed by atoms with E-state index in [1.807, 2.05) is 22.7 Å². The third-order valence-corrected chi connectivity index (χ3v) is 5.22. The summed E-state index contributed by atoms with van der Waals surface area (Å²) in [7, 11) is 2.19. The number of rotatable bonds is 4. The van der Waals surface area contributed by atoms with Gasteiger partial charge in [-0.1, -0.05) is 0 Å². The molecule has 0 bridgehead atoms. The molecule has 2 amide bonds. The number of anilines is 1. The van der Waals surface area contributed by atoms with Gasteiger partial charge in [-0.3, -0.25) is 4.68 Å². The van der Waals surface area contributed by atoms with Crippen LogP contribution in [-0.2, 0) is 6.54 Å². The van der Waals surface area contributed by atoms with Crippen LogP contribution in [0.1, 0.15) is 19.8 Å². The summed E-state index contributed by atoms with van der Waals surface area (Å²) in [5, 5.41) is 7.14. The molecule has 2 aliphatic heterocycles. The van der Waals surface area contributed by atoms with Gasteiger partial charge >= 0.3 is 6.03 Å². The Kier molecular flexibility index (Phi) is 5.73. The highest BCUT2D eigenvalue weighted by Gasteiger charge is 2.25. The normalized spacial score (nSPS) is 21.2. The molecule has 0 saturated carbocycles. The van der Waals surface area contributed by atoms with Crippen molar-refractivity contribution in [2.45, 2.75) is 26.3 Å². The largest absolute Gasteiger partial charge is 0.325 e. The highest BCUT2D eigenvalue weighted by Crippen LogP contribution is 2.20. The van der Waals surface area contributed by atoms with Crippen LogP contribution in [-0.4, -0.2) is 83.4 Å². The van der Waals surface area contributed by atoms with E-state index in [1.165, 1.54) is 32.7 Å². The van der Waals surface area contributed by atoms with E-state index < -0.39 is 0 Å². The molecule has 0 aromatic carbocycles. The van der Waals surface area contributed by atoms with Gasteiger partial charge < -0.3 is 20.0 Å². The average molecular weight is 334 g/mol. The lowest BCUT2D eigenvalue weighted by atomic mass is 9.96. The van der Waals surface area contributed by atoms with E-state index in [0.717, 1.165) is 44.1 Å². The van der Waals surface area contributed by atoms with Crippen LogP contribution in [0.25, 0.3) is 0 Å². The summed E-state index contributed by atoms with van der Waals surface area (Å²) in [6.45, 7) is 10.4. The maximum absolute atomic E-state index is 12.4. The molecule has 0 radical (unpaired) electrons. The van der Waals surface area contributed by atoms with Crippen molar-refractivity contribution in [3.63, 3.8) is 0 Å². The molecule has 3 heterocycles. The van der Waals surface area contributed by atoms with E-state index in [1.54, 1.807) is 6.20 Å². The summed E-state index contributed by atoms with van der Waals surface area (Å²) in [6.07, 6.45) is 5.79. The van der Waals surface area contributed by atoms with E-state index in [-0.39, 0.29) is 6.03 Å². The third-order valence-electron chi connectivity index (χ3n) is 5.22. The summed E-state index contributed by atoms with van der Waals surface area (Å²) < 4.78 is 1.82. The first-order valence-electron chi connectivity index (χ1n) is 9.13. The van der Waals surface area contributed by atoms with E-state index >= 15 is 0 Å². The molecule has 7 nitrogen and oxygen atoms in total. The molecule has 0 unspecified atom stereocenters. The number of amides is 2. The maximum atomic E-state index is 12.4. The van der Waals surface area contributed by atoms with Gasteiger partial charge in [0.2, 0.25) is 0 Å². The number of nitrogens with one attached hydrogen (secondary N) is 1. The minimum Gasteiger partial charge on any atom is -0.325 e. The number of likely N-dealkylation sites (tertiary alicyclic amines) is 1. The second kappa shape index (κ2) is 7.98. The zero-order chi connectivity index (χ0) is 16.9. The number of carbonyl (C=O) groups excluding carboxylic acids is 1. The van der Waals surface area contributed by atoms with Crippen LogP contribution in [0.15, 0.2) is 12.4 Å². The van der Waals surface area contributed by atoms with Gasteiger partial charge in [0, 0.05) is 58.6 Å². The van der Waals surface area contributed by atoms with E-state index in [2.05, 4.69) is 27.3 Å². The zero-order valence-corrected chi connectivity index (χ0v) is 14.9. The smallest absolute Gasteiger partial charge is 0.321 e. The quantitative estimate of drug-likeness (QED) is 0.904. The van der Waals surface area contributed by atoms with Gasteiger partial charge in [0.15, 0.2) is 0 Å². The average Bonchev–Trinajstić information content (AvgIpc) is 3.05. The number of urea groups is 1. The third kappa shape index (κ3) is 4.48. The number of nitrogens with zero attached hydrogens (tertiary/aromatic N) is 5. The molecule has 0 atom stereocenters. The SMILES string of the molecule is CCn1cc(NC(=O)N2CCC(CN3CCN(C)CC3)CC2)cn1. The van der Waals surface area contributed by atoms with Gasteiger partial charge in [0.1, 0.15) is 0 Å². The topological polar surface area (TPSA) is 56.6 Å². The fraction of sp³-hybridized carbons (Fsp3) is 0.765. The molecule has 0 aliphatic carbocycles. The number of hydrogen-bond acceptors (Lipinski definition) is 4. The van der Waals surface area contributed by atoms with Crippen LogP contribution in [0.5, 0.6) is 0 Å². The maximum Gasteiger partial charge on any atom is 0.321 e. The van der Waals surface area contributed by atoms with Crippen LogP contribution in [0.4, 0.5) is 10.5 Å². The molecule has 1 aromatic heterocycles. The Hall–Kier alpha value is -1.60. The van der Waals surface area contributed by atoms with Gasteiger partial charge in [0.25, 0.3) is 0 Å². The number of carbonyl (C=O) groups is 1. The Morgan fingerprint density at radius 2 is 1.92 bits per heavy atom. The summed E-state index contributed by atoms with van der Waals surface area (Å²) in [5.74, 6) is 0.722. The second-order valence-corrected chi connectivity index (χ2v) is 7.05. The lowest BCUT2D eigenvalue weighted by Crippen LogP contribution is -2.48. The van der Waals surface area contributed by atoms with Crippen molar-refractivity contribution in [2.24, 2.45) is 5.92 Å². The number of piperidine rings is 1. The van der Waals surface area contributed by atoms with Crippen molar-refractivity contribution in [1.82, 2.24) is 24.5 Å². The first-order valence-corrected chi connectivity index (χ1v) is 9.13. The molecule has 2 saturated heterocycles. The fourth-order valence-electron chi connectivity index (χ4n) is 3.52. The predicted octanol–water partition coefficient (Wildman–Crippen LogP) is 1.39. The van der Waals surface area contributed by atoms with Crippen LogP contribution < -0.4 is 5.32 Å². The number of piperazine rings is 1. The van der Waals surface area contributed by atoms with Crippen molar-refractivity contribution in [3.8, 4) is 0 Å². The molecular formula is C17H30N6O. The number of likely N-dealkylation sites (N-methyl/N-ethyl adjacent to an activating group) is 1. The minimum atomic E-state index is 0.00343. The number of aryl methyl sites for hydroxylation is 1. The number of aromatic nitrogens is 2. The Bertz CT molecular complexity index is 529. The van der Waals surface area contributed by atoms with Crippen molar-refractivity contribution >= 4 is 11.7 Å². The van der Waals surface area contributed by atoms with Crippen molar-refractivity contribution < 1.29 is 4.79 Å². The minimum absolute atomic E-state index is 0.00343. The molecule has 0 spiro atoms. The molecule has 1 N–H and O–H groups in total. The summed E-state index contributed by atoms with van der Waals surface area (Å²) in [6, 6.07) is 0.00343. The van der Waals surface area contributed by atoms with Crippen molar-refractivity contribution in [2.75, 3.05) is 58.2 Å². The lowest BCUT2D eigenvalue weighted by molar-refractivity contribution is 0.113. The van der Waals surface area contributed by atoms with Crippen LogP contribution >= 0.6 is 0 Å². The summed E-state index contributed by atoms with van der Waals surface area (Å²) in [4.78, 5) is 19.3. The monoisotopic (exact) mass is 334 g/mol. The first kappa shape index (κ1) is 17.2. The molecule has 3 rings (SSSR count). The molecule has 7 heteroatoms. The Labute approximate surface area is 144 Å². The Morgan fingerprint density at radius 3 is 2.54 bits per heavy atom. The lowest BCUT2D eigenvalue weighted by Gasteiger charge is -2.37. The van der Waals surface area contributed by atoms with Gasteiger partial charge in [0.05, 0.1) is 11.9 Å². The number of hydrogen-bond donors (Lipinski definition) is 1. The van der Waals surface area contributed by atoms with Gasteiger partial charge in [-0.25, -0.2) is 4.79 Å². The second-order valence-electron chi connectivity index (χ2n) is 7.05. The zero-order valence-electron chi connectivity index (χ0n) is 14.9. The molecule has 1 aromatic rings. The van der Waals surface area contributed by atoms with E-state index in [0.29, 0.717) is 0 Å². The van der Waals surface area contributed by atoms with Crippen molar-refractivity contribution in [1.29, 1.82) is 0 Å². The van der Waals surface area contributed by atoms with Crippen LogP contribution in [0.2, 0.25) is 0 Å². The Morgan fingerprint density at radius 1 is 1.21 bits per heavy atom. The van der Waals surface area contributed by atoms with Gasteiger partial charge in [-0.15, -0.1) is 0 Å². The fourth-order valence-corrected chi connectivity index (χ4v) is 3.52. The molecule has 24 heavy (non-hydrogen) atoms. The predicted molar refractivity (Wildman–Crippen MR) is 95.2 cm³/mol. The molecule has 2 fully saturated rings. The van der Waals surface area contributed by atoms with Crippen molar-refractivity contribution in [3.05, 3.63) is 12.4 Å². The van der Waals surface area contributed by atoms with E-state index in [9.17, 15) is 4.79 Å². The summed E-state index contributed by atoms with van der Waals surface area (Å²) >= 11 is 0. The van der Waals surface area contributed by atoms with Gasteiger partial charge in [-0.2, -0.15) is 5.10 Å². The van der Waals surface area contributed by atoms with Crippen LogP contribution in [0.3, 0.4) is 0 Å². The Balaban J connectivity index is 1.40. The highest BCUT2D eigenvalue weighted by atomic mass is 16.2. The summed E-state index contributed by atoms with van der Waals surface area (Å²) in [5.41, 5.74) is 0.779. The molecular weight excluding hydrogens is 304 g/mol.